The van der Waals surface area contributed by atoms with E-state index in [4.69, 9.17) is 0 Å². The van der Waals surface area contributed by atoms with Crippen LogP contribution in [0.15, 0.2) is 42.6 Å². The average Bonchev–Trinajstić information content (AvgIpc) is 3.57. The summed E-state index contributed by atoms with van der Waals surface area (Å²) in [4.78, 5) is 36.0. The lowest BCUT2D eigenvalue weighted by atomic mass is 10.0. The smallest absolute Gasteiger partial charge is 0.251 e. The van der Waals surface area contributed by atoms with Crippen LogP contribution in [-0.4, -0.2) is 82.9 Å². The summed E-state index contributed by atoms with van der Waals surface area (Å²) in [5.41, 5.74) is 3.47. The maximum absolute atomic E-state index is 13.1. The number of pyridine rings is 1. The van der Waals surface area contributed by atoms with Crippen LogP contribution in [0, 0.1) is 0 Å². The summed E-state index contributed by atoms with van der Waals surface area (Å²) in [6, 6.07) is 12.9. The van der Waals surface area contributed by atoms with E-state index in [1.54, 1.807) is 19.2 Å². The van der Waals surface area contributed by atoms with Gasteiger partial charge in [-0.3, -0.25) is 19.4 Å². The van der Waals surface area contributed by atoms with E-state index in [1.807, 2.05) is 11.0 Å². The van der Waals surface area contributed by atoms with Crippen molar-refractivity contribution in [1.29, 1.82) is 0 Å². The van der Waals surface area contributed by atoms with Crippen LogP contribution in [0.5, 0.6) is 0 Å². The molecule has 2 amide bonds. The zero-order valence-corrected chi connectivity index (χ0v) is 21.3. The van der Waals surface area contributed by atoms with Crippen LogP contribution >= 0.6 is 0 Å². The zero-order valence-electron chi connectivity index (χ0n) is 21.3. The third kappa shape index (κ3) is 6.05. The van der Waals surface area contributed by atoms with Gasteiger partial charge in [0, 0.05) is 70.0 Å². The second-order valence-electron chi connectivity index (χ2n) is 10.4. The molecule has 2 saturated heterocycles. The van der Waals surface area contributed by atoms with E-state index in [9.17, 15) is 9.59 Å². The van der Waals surface area contributed by atoms with Crippen LogP contribution in [0.2, 0.25) is 0 Å². The van der Waals surface area contributed by atoms with Crippen molar-refractivity contribution < 1.29 is 9.59 Å². The predicted molar refractivity (Wildman–Crippen MR) is 141 cm³/mol. The van der Waals surface area contributed by atoms with E-state index in [2.05, 4.69) is 49.7 Å². The fourth-order valence-electron chi connectivity index (χ4n) is 5.76. The van der Waals surface area contributed by atoms with Crippen LogP contribution in [0.3, 0.4) is 0 Å². The van der Waals surface area contributed by atoms with Gasteiger partial charge >= 0.3 is 0 Å². The molecule has 1 aromatic carbocycles. The van der Waals surface area contributed by atoms with Crippen molar-refractivity contribution in [3.63, 3.8) is 0 Å². The SMILES string of the molecule is CC(=O)N1CCC(Nc2cc(C(=O)NCC(CN3Cc4ccccc4C3)N3CCCC3)ccn2)CC1. The summed E-state index contributed by atoms with van der Waals surface area (Å²) in [6.07, 6.45) is 5.93. The molecule has 0 radical (unpaired) electrons. The molecule has 2 aromatic rings. The first-order valence-electron chi connectivity index (χ1n) is 13.3. The van der Waals surface area contributed by atoms with Crippen molar-refractivity contribution in [2.24, 2.45) is 0 Å². The Morgan fingerprint density at radius 1 is 1.03 bits per heavy atom. The molecular weight excluding hydrogens is 452 g/mol. The molecule has 0 saturated carbocycles. The highest BCUT2D eigenvalue weighted by molar-refractivity contribution is 5.94. The molecule has 192 valence electrons. The Kier molecular flexibility index (Phi) is 7.82. The van der Waals surface area contributed by atoms with Gasteiger partial charge in [-0.15, -0.1) is 0 Å². The number of rotatable bonds is 8. The highest BCUT2D eigenvalue weighted by Crippen LogP contribution is 2.24. The van der Waals surface area contributed by atoms with Gasteiger partial charge in [-0.2, -0.15) is 0 Å². The van der Waals surface area contributed by atoms with Gasteiger partial charge in [-0.25, -0.2) is 4.98 Å². The molecule has 3 aliphatic heterocycles. The number of likely N-dealkylation sites (tertiary alicyclic amines) is 2. The second-order valence-corrected chi connectivity index (χ2v) is 10.4. The standard InChI is InChI=1S/C28H38N6O2/c1-21(35)33-14-9-25(10-15-33)31-27-16-22(8-11-29-27)28(36)30-17-26(34-12-4-5-13-34)20-32-18-23-6-2-3-7-24(23)19-32/h2-3,6-8,11,16,25-26H,4-5,9-10,12-15,17-20H2,1H3,(H,29,31)(H,30,36). The van der Waals surface area contributed by atoms with Crippen molar-refractivity contribution in [3.8, 4) is 0 Å². The predicted octanol–water partition coefficient (Wildman–Crippen LogP) is 2.71. The molecule has 0 bridgehead atoms. The van der Waals surface area contributed by atoms with Gasteiger partial charge < -0.3 is 15.5 Å². The van der Waals surface area contributed by atoms with Gasteiger partial charge in [-0.05, 0) is 62.0 Å². The Hall–Kier alpha value is -2.97. The van der Waals surface area contributed by atoms with Gasteiger partial charge in [-0.1, -0.05) is 24.3 Å². The van der Waals surface area contributed by atoms with Gasteiger partial charge in [0.1, 0.15) is 5.82 Å². The first kappa shape index (κ1) is 24.7. The number of piperidine rings is 1. The number of hydrogen-bond donors (Lipinski definition) is 2. The third-order valence-corrected chi connectivity index (χ3v) is 7.84. The number of aromatic nitrogens is 1. The summed E-state index contributed by atoms with van der Waals surface area (Å²) in [5, 5.41) is 6.67. The van der Waals surface area contributed by atoms with Gasteiger partial charge in [0.05, 0.1) is 0 Å². The van der Waals surface area contributed by atoms with Gasteiger partial charge in [0.15, 0.2) is 0 Å². The summed E-state index contributed by atoms with van der Waals surface area (Å²) in [5.74, 6) is 0.794. The largest absolute Gasteiger partial charge is 0.367 e. The average molecular weight is 491 g/mol. The Morgan fingerprint density at radius 2 is 1.72 bits per heavy atom. The fraction of sp³-hybridized carbons (Fsp3) is 0.536. The molecule has 2 N–H and O–H groups in total. The first-order valence-corrected chi connectivity index (χ1v) is 13.3. The number of hydrogen-bond acceptors (Lipinski definition) is 6. The molecule has 8 heteroatoms. The quantitative estimate of drug-likeness (QED) is 0.592. The van der Waals surface area contributed by atoms with Crippen molar-refractivity contribution in [3.05, 3.63) is 59.3 Å². The first-order chi connectivity index (χ1) is 17.5. The highest BCUT2D eigenvalue weighted by Gasteiger charge is 2.28. The Balaban J connectivity index is 1.16. The maximum Gasteiger partial charge on any atom is 0.251 e. The normalized spacial score (nSPS) is 19.8. The molecule has 0 aliphatic carbocycles. The van der Waals surface area contributed by atoms with Crippen LogP contribution in [0.1, 0.15) is 54.1 Å². The van der Waals surface area contributed by atoms with E-state index >= 15 is 0 Å². The molecule has 36 heavy (non-hydrogen) atoms. The summed E-state index contributed by atoms with van der Waals surface area (Å²) < 4.78 is 0. The van der Waals surface area contributed by atoms with Crippen molar-refractivity contribution >= 4 is 17.6 Å². The minimum Gasteiger partial charge on any atom is -0.367 e. The number of anilines is 1. The van der Waals surface area contributed by atoms with Crippen molar-refractivity contribution in [2.45, 2.75) is 57.8 Å². The van der Waals surface area contributed by atoms with Crippen LogP contribution in [-0.2, 0) is 17.9 Å². The molecule has 1 unspecified atom stereocenters. The number of amides is 2. The molecule has 0 spiro atoms. The van der Waals surface area contributed by atoms with E-state index in [0.29, 0.717) is 18.2 Å². The number of benzene rings is 1. The van der Waals surface area contributed by atoms with Gasteiger partial charge in [0.25, 0.3) is 5.91 Å². The van der Waals surface area contributed by atoms with E-state index in [-0.39, 0.29) is 17.9 Å². The maximum atomic E-state index is 13.1. The van der Waals surface area contributed by atoms with E-state index in [1.165, 1.54) is 24.0 Å². The Morgan fingerprint density at radius 3 is 2.39 bits per heavy atom. The van der Waals surface area contributed by atoms with Crippen LogP contribution in [0.25, 0.3) is 0 Å². The lowest BCUT2D eigenvalue weighted by Crippen LogP contribution is -2.48. The number of carbonyl (C=O) groups is 2. The molecular formula is C28H38N6O2. The molecule has 8 nitrogen and oxygen atoms in total. The number of nitrogens with one attached hydrogen (secondary N) is 2. The fourth-order valence-corrected chi connectivity index (χ4v) is 5.76. The number of carbonyl (C=O) groups excluding carboxylic acids is 2. The summed E-state index contributed by atoms with van der Waals surface area (Å²) >= 11 is 0. The van der Waals surface area contributed by atoms with Crippen molar-refractivity contribution in [2.75, 3.05) is 44.6 Å². The lowest BCUT2D eigenvalue weighted by Gasteiger charge is -2.32. The molecule has 3 aliphatic rings. The van der Waals surface area contributed by atoms with E-state index in [0.717, 1.165) is 64.5 Å². The highest BCUT2D eigenvalue weighted by atomic mass is 16.2. The monoisotopic (exact) mass is 490 g/mol. The third-order valence-electron chi connectivity index (χ3n) is 7.84. The van der Waals surface area contributed by atoms with Gasteiger partial charge in [0.2, 0.25) is 5.91 Å². The zero-order chi connectivity index (χ0) is 24.9. The van der Waals surface area contributed by atoms with Crippen molar-refractivity contribution in [1.82, 2.24) is 25.0 Å². The molecule has 2 fully saturated rings. The lowest BCUT2D eigenvalue weighted by molar-refractivity contribution is -0.129. The molecule has 4 heterocycles. The second kappa shape index (κ2) is 11.4. The molecule has 5 rings (SSSR count). The Bertz CT molecular complexity index is 1040. The van der Waals surface area contributed by atoms with Crippen LogP contribution in [0.4, 0.5) is 5.82 Å². The minimum absolute atomic E-state index is 0.0549. The Labute approximate surface area is 214 Å². The summed E-state index contributed by atoms with van der Waals surface area (Å²) in [7, 11) is 0. The number of fused-ring (bicyclic) bond motifs is 1. The summed E-state index contributed by atoms with van der Waals surface area (Å²) in [6.45, 7) is 8.91. The minimum atomic E-state index is -0.0549. The topological polar surface area (TPSA) is 80.8 Å². The molecule has 1 aromatic heterocycles. The number of nitrogens with zero attached hydrogens (tertiary/aromatic N) is 4. The van der Waals surface area contributed by atoms with E-state index < -0.39 is 0 Å². The van der Waals surface area contributed by atoms with Crippen LogP contribution < -0.4 is 10.6 Å². The molecule has 1 atom stereocenters.